The van der Waals surface area contributed by atoms with Crippen molar-refractivity contribution in [3.8, 4) is 0 Å². The van der Waals surface area contributed by atoms with Crippen molar-refractivity contribution in [1.82, 2.24) is 10.5 Å². The van der Waals surface area contributed by atoms with Gasteiger partial charge in [-0.25, -0.2) is 4.79 Å². The van der Waals surface area contributed by atoms with Gasteiger partial charge in [0.2, 0.25) is 0 Å². The zero-order valence-electron chi connectivity index (χ0n) is 14.6. The molecule has 3 aromatic rings. The SMILES string of the molecule is Cc1cc(NC(=O)N[C@H](c2ccc3c(c2)CCCC3)c2cccs2)no1. The van der Waals surface area contributed by atoms with Gasteiger partial charge in [-0.15, -0.1) is 11.3 Å². The van der Waals surface area contributed by atoms with Gasteiger partial charge in [0.1, 0.15) is 5.76 Å². The van der Waals surface area contributed by atoms with Crippen LogP contribution >= 0.6 is 11.3 Å². The van der Waals surface area contributed by atoms with Crippen molar-refractivity contribution >= 4 is 23.2 Å². The number of fused-ring (bicyclic) bond motifs is 1. The number of aryl methyl sites for hydroxylation is 3. The molecule has 0 unspecified atom stereocenters. The summed E-state index contributed by atoms with van der Waals surface area (Å²) in [4.78, 5) is 13.6. The van der Waals surface area contributed by atoms with E-state index in [4.69, 9.17) is 4.52 Å². The second-order valence-electron chi connectivity index (χ2n) is 6.60. The van der Waals surface area contributed by atoms with Gasteiger partial charge in [0, 0.05) is 10.9 Å². The smallest absolute Gasteiger partial charge is 0.321 e. The van der Waals surface area contributed by atoms with Crippen molar-refractivity contribution in [3.63, 3.8) is 0 Å². The van der Waals surface area contributed by atoms with Gasteiger partial charge in [0.15, 0.2) is 5.82 Å². The summed E-state index contributed by atoms with van der Waals surface area (Å²) >= 11 is 1.64. The molecule has 0 spiro atoms. The van der Waals surface area contributed by atoms with Gasteiger partial charge in [-0.2, -0.15) is 0 Å². The van der Waals surface area contributed by atoms with Crippen LogP contribution in [0.1, 0.15) is 46.2 Å². The first-order valence-corrected chi connectivity index (χ1v) is 9.73. The van der Waals surface area contributed by atoms with E-state index in [9.17, 15) is 4.79 Å². The fourth-order valence-electron chi connectivity index (χ4n) is 3.42. The number of carbonyl (C=O) groups is 1. The normalized spacial score (nSPS) is 14.5. The topological polar surface area (TPSA) is 67.2 Å². The summed E-state index contributed by atoms with van der Waals surface area (Å²) in [6.45, 7) is 1.79. The molecule has 1 atom stereocenters. The Kier molecular flexibility index (Phi) is 4.75. The first-order chi connectivity index (χ1) is 12.7. The Morgan fingerprint density at radius 1 is 1.19 bits per heavy atom. The second-order valence-corrected chi connectivity index (χ2v) is 7.58. The van der Waals surface area contributed by atoms with Crippen LogP contribution < -0.4 is 10.6 Å². The molecule has 4 rings (SSSR count). The molecule has 0 fully saturated rings. The molecule has 0 radical (unpaired) electrons. The third-order valence-electron chi connectivity index (χ3n) is 4.68. The minimum Gasteiger partial charge on any atom is -0.360 e. The van der Waals surface area contributed by atoms with Gasteiger partial charge in [-0.1, -0.05) is 29.4 Å². The van der Waals surface area contributed by atoms with Crippen LogP contribution in [0.25, 0.3) is 0 Å². The number of anilines is 1. The van der Waals surface area contributed by atoms with Crippen LogP contribution in [0.5, 0.6) is 0 Å². The predicted octanol–water partition coefficient (Wildman–Crippen LogP) is 4.83. The molecule has 2 heterocycles. The summed E-state index contributed by atoms with van der Waals surface area (Å²) in [5.74, 6) is 1.07. The fraction of sp³-hybridized carbons (Fsp3) is 0.300. The lowest BCUT2D eigenvalue weighted by atomic mass is 9.89. The Morgan fingerprint density at radius 3 is 2.77 bits per heavy atom. The molecule has 0 saturated heterocycles. The maximum atomic E-state index is 12.5. The lowest BCUT2D eigenvalue weighted by Crippen LogP contribution is -2.33. The van der Waals surface area contributed by atoms with E-state index in [0.717, 1.165) is 23.3 Å². The van der Waals surface area contributed by atoms with Gasteiger partial charge in [0.25, 0.3) is 0 Å². The minimum absolute atomic E-state index is 0.185. The maximum Gasteiger partial charge on any atom is 0.321 e. The van der Waals surface area contributed by atoms with Crippen molar-refractivity contribution in [2.75, 3.05) is 5.32 Å². The average molecular weight is 367 g/mol. The maximum absolute atomic E-state index is 12.5. The number of nitrogens with zero attached hydrogens (tertiary/aromatic N) is 1. The first kappa shape index (κ1) is 16.8. The Morgan fingerprint density at radius 2 is 2.04 bits per heavy atom. The van der Waals surface area contributed by atoms with E-state index >= 15 is 0 Å². The third kappa shape index (κ3) is 3.65. The minimum atomic E-state index is -0.297. The van der Waals surface area contributed by atoms with Crippen molar-refractivity contribution in [2.45, 2.75) is 38.6 Å². The molecule has 1 aliphatic rings. The van der Waals surface area contributed by atoms with E-state index in [-0.39, 0.29) is 12.1 Å². The van der Waals surface area contributed by atoms with E-state index in [1.807, 2.05) is 11.4 Å². The van der Waals surface area contributed by atoms with E-state index < -0.39 is 0 Å². The largest absolute Gasteiger partial charge is 0.360 e. The molecule has 1 aromatic carbocycles. The third-order valence-corrected chi connectivity index (χ3v) is 5.62. The Bertz CT molecular complexity index is 902. The van der Waals surface area contributed by atoms with Gasteiger partial charge in [-0.05, 0) is 60.7 Å². The molecular weight excluding hydrogens is 346 g/mol. The number of thiophene rings is 1. The molecule has 0 saturated carbocycles. The molecule has 2 amide bonds. The van der Waals surface area contributed by atoms with Gasteiger partial charge in [0.05, 0.1) is 6.04 Å². The van der Waals surface area contributed by atoms with E-state index in [1.165, 1.54) is 24.0 Å². The quantitative estimate of drug-likeness (QED) is 0.694. The molecular formula is C20H21N3O2S. The number of aromatic nitrogens is 1. The number of carbonyl (C=O) groups excluding carboxylic acids is 1. The molecule has 134 valence electrons. The number of rotatable bonds is 4. The van der Waals surface area contributed by atoms with Gasteiger partial charge in [-0.3, -0.25) is 5.32 Å². The highest BCUT2D eigenvalue weighted by atomic mass is 32.1. The summed E-state index contributed by atoms with van der Waals surface area (Å²) in [6.07, 6.45) is 4.77. The molecule has 0 bridgehead atoms. The number of hydrogen-bond acceptors (Lipinski definition) is 4. The summed E-state index contributed by atoms with van der Waals surface area (Å²) < 4.78 is 5.00. The number of amides is 2. The van der Waals surface area contributed by atoms with Crippen LogP contribution in [0.3, 0.4) is 0 Å². The van der Waals surface area contributed by atoms with Crippen molar-refractivity contribution in [1.29, 1.82) is 0 Å². The summed E-state index contributed by atoms with van der Waals surface area (Å²) in [6, 6.07) is 11.9. The highest BCUT2D eigenvalue weighted by Crippen LogP contribution is 2.30. The number of nitrogens with one attached hydrogen (secondary N) is 2. The second kappa shape index (κ2) is 7.33. The zero-order chi connectivity index (χ0) is 17.9. The standard InChI is InChI=1S/C20H21N3O2S/c1-13-11-18(23-25-13)21-20(24)22-19(17-7-4-10-26-17)16-9-8-14-5-2-3-6-15(14)12-16/h4,7-12,19H,2-3,5-6H2,1H3,(H2,21,22,23,24)/t19-/m1/s1. The molecule has 5 nitrogen and oxygen atoms in total. The lowest BCUT2D eigenvalue weighted by molar-refractivity contribution is 0.250. The Labute approximate surface area is 156 Å². The van der Waals surface area contributed by atoms with Crippen LogP contribution in [0.15, 0.2) is 46.3 Å². The monoisotopic (exact) mass is 367 g/mol. The molecule has 6 heteroatoms. The van der Waals surface area contributed by atoms with E-state index in [1.54, 1.807) is 24.3 Å². The van der Waals surface area contributed by atoms with Crippen LogP contribution in [0.4, 0.5) is 10.6 Å². The molecule has 2 N–H and O–H groups in total. The van der Waals surface area contributed by atoms with E-state index in [0.29, 0.717) is 11.6 Å². The highest BCUT2D eigenvalue weighted by Gasteiger charge is 2.20. The van der Waals surface area contributed by atoms with Crippen LogP contribution in [-0.4, -0.2) is 11.2 Å². The summed E-state index contributed by atoms with van der Waals surface area (Å²) in [5, 5.41) is 11.7. The molecule has 2 aromatic heterocycles. The number of hydrogen-bond donors (Lipinski definition) is 2. The van der Waals surface area contributed by atoms with Crippen molar-refractivity contribution in [2.24, 2.45) is 0 Å². The van der Waals surface area contributed by atoms with Crippen LogP contribution in [0.2, 0.25) is 0 Å². The molecule has 1 aliphatic carbocycles. The lowest BCUT2D eigenvalue weighted by Gasteiger charge is -2.22. The van der Waals surface area contributed by atoms with E-state index in [2.05, 4.69) is 40.1 Å². The fourth-order valence-corrected chi connectivity index (χ4v) is 4.22. The summed E-state index contributed by atoms with van der Waals surface area (Å²) in [5.41, 5.74) is 3.96. The molecule has 26 heavy (non-hydrogen) atoms. The van der Waals surface area contributed by atoms with Crippen molar-refractivity contribution < 1.29 is 9.32 Å². The number of benzene rings is 1. The Hall–Kier alpha value is -2.60. The number of urea groups is 1. The van der Waals surface area contributed by atoms with Gasteiger partial charge < -0.3 is 9.84 Å². The average Bonchev–Trinajstić information content (AvgIpc) is 3.31. The van der Waals surface area contributed by atoms with Crippen LogP contribution in [-0.2, 0) is 12.8 Å². The first-order valence-electron chi connectivity index (χ1n) is 8.85. The summed E-state index contributed by atoms with van der Waals surface area (Å²) in [7, 11) is 0. The Balaban J connectivity index is 1.58. The highest BCUT2D eigenvalue weighted by molar-refractivity contribution is 7.10. The van der Waals surface area contributed by atoms with Crippen LogP contribution in [0, 0.1) is 6.92 Å². The molecule has 0 aliphatic heterocycles. The zero-order valence-corrected chi connectivity index (χ0v) is 15.4. The van der Waals surface area contributed by atoms with Gasteiger partial charge >= 0.3 is 6.03 Å². The van der Waals surface area contributed by atoms with Crippen molar-refractivity contribution in [3.05, 3.63) is 69.1 Å². The predicted molar refractivity (Wildman–Crippen MR) is 103 cm³/mol.